The van der Waals surface area contributed by atoms with Crippen LogP contribution in [-0.2, 0) is 30.9 Å². The first kappa shape index (κ1) is 24.3. The van der Waals surface area contributed by atoms with Crippen molar-refractivity contribution in [2.75, 3.05) is 13.2 Å². The summed E-state index contributed by atoms with van der Waals surface area (Å²) in [5.74, 6) is 0.788. The Morgan fingerprint density at radius 2 is 1.89 bits per heavy atom. The molecule has 0 saturated heterocycles. The average molecular weight is 384 g/mol. The van der Waals surface area contributed by atoms with Gasteiger partial charge in [-0.05, 0) is 27.7 Å². The largest absolute Gasteiger partial charge is 3.00 e. The van der Waals surface area contributed by atoms with Gasteiger partial charge in [-0.15, -0.1) is 11.6 Å². The molecule has 0 aromatic carbocycles. The minimum atomic E-state index is 0. The third-order valence-corrected chi connectivity index (χ3v) is 1.98. The number of hydrogen-bond donors (Lipinski definition) is 2. The third kappa shape index (κ3) is 9.73. The number of allylic oxidation sites excluding steroid dienone is 5. The Balaban J connectivity index is -0.000000853. The number of rotatable bonds is 4. The fourth-order valence-corrected chi connectivity index (χ4v) is 1.35. The number of halogens is 2. The normalized spacial score (nSPS) is 15.5. The standard InChI is InChI=1S/C13H20NO2.2ClH.Zr/c1-10(16-8-7-15)11-5-6-12(9-11)14-13(2,3)4;;;/h5-6,14-15H,7-8H2,1-4H3;2*1H;/q-1;;;+3/p-2. The van der Waals surface area contributed by atoms with E-state index in [2.05, 4.69) is 32.2 Å². The van der Waals surface area contributed by atoms with Crippen LogP contribution in [0.1, 0.15) is 27.7 Å². The van der Waals surface area contributed by atoms with Gasteiger partial charge in [-0.2, -0.15) is 12.2 Å². The first-order valence-corrected chi connectivity index (χ1v) is 5.47. The number of ether oxygens (including phenoxy) is 1. The number of hydrogen-bond acceptors (Lipinski definition) is 3. The Morgan fingerprint density at radius 1 is 1.32 bits per heavy atom. The SMILES string of the molecule is CC(OCCO)=C1[C-]=C(NC(C)(C)C)C=C1.[Cl-].[Cl-].[Zr+3]. The third-order valence-electron chi connectivity index (χ3n) is 1.98. The van der Waals surface area contributed by atoms with Gasteiger partial charge in [0, 0.05) is 11.3 Å². The Hall–Kier alpha value is 0.243. The van der Waals surface area contributed by atoms with Gasteiger partial charge in [0.2, 0.25) is 0 Å². The summed E-state index contributed by atoms with van der Waals surface area (Å²) in [5.41, 5.74) is 1.93. The van der Waals surface area contributed by atoms with E-state index in [9.17, 15) is 0 Å². The van der Waals surface area contributed by atoms with Crippen LogP contribution in [0.3, 0.4) is 0 Å². The van der Waals surface area contributed by atoms with Crippen LogP contribution in [0.15, 0.2) is 29.2 Å². The van der Waals surface area contributed by atoms with Crippen LogP contribution in [0.5, 0.6) is 0 Å². The molecule has 0 saturated carbocycles. The molecular formula is C13H20Cl2NO2Zr. The molecular weight excluding hydrogens is 364 g/mol. The molecule has 1 rings (SSSR count). The summed E-state index contributed by atoms with van der Waals surface area (Å²) in [5, 5.41) is 12.0. The van der Waals surface area contributed by atoms with Crippen LogP contribution in [0.2, 0.25) is 0 Å². The minimum absolute atomic E-state index is 0. The van der Waals surface area contributed by atoms with Gasteiger partial charge in [0.1, 0.15) is 0 Å². The smallest absolute Gasteiger partial charge is 1.00 e. The van der Waals surface area contributed by atoms with Gasteiger partial charge in [0.15, 0.2) is 0 Å². The van der Waals surface area contributed by atoms with Crippen molar-refractivity contribution in [3.05, 3.63) is 35.3 Å². The van der Waals surface area contributed by atoms with Gasteiger partial charge in [0.25, 0.3) is 0 Å². The van der Waals surface area contributed by atoms with Gasteiger partial charge in [-0.1, -0.05) is 5.70 Å². The van der Waals surface area contributed by atoms with E-state index >= 15 is 0 Å². The molecule has 0 amide bonds. The fraction of sp³-hybridized carbons (Fsp3) is 0.538. The molecule has 1 aliphatic carbocycles. The molecule has 19 heavy (non-hydrogen) atoms. The van der Waals surface area contributed by atoms with E-state index in [1.54, 1.807) is 0 Å². The first-order valence-electron chi connectivity index (χ1n) is 5.47. The summed E-state index contributed by atoms with van der Waals surface area (Å²) in [6, 6.07) is 0. The summed E-state index contributed by atoms with van der Waals surface area (Å²) < 4.78 is 5.33. The molecule has 0 atom stereocenters. The molecule has 1 radical (unpaired) electrons. The molecule has 107 valence electrons. The molecule has 0 unspecified atom stereocenters. The van der Waals surface area contributed by atoms with Crippen LogP contribution >= 0.6 is 0 Å². The van der Waals surface area contributed by atoms with E-state index in [-0.39, 0.29) is 63.2 Å². The van der Waals surface area contributed by atoms with Crippen molar-refractivity contribution in [1.82, 2.24) is 5.32 Å². The quantitative estimate of drug-likeness (QED) is 0.383. The van der Waals surface area contributed by atoms with Crippen molar-refractivity contribution in [1.29, 1.82) is 0 Å². The summed E-state index contributed by atoms with van der Waals surface area (Å²) in [6.07, 6.45) is 7.16. The molecule has 1 aliphatic rings. The zero-order valence-corrected chi connectivity index (χ0v) is 15.7. The molecule has 0 aromatic rings. The van der Waals surface area contributed by atoms with Crippen molar-refractivity contribution in [3.8, 4) is 0 Å². The van der Waals surface area contributed by atoms with Crippen molar-refractivity contribution in [2.24, 2.45) is 0 Å². The Morgan fingerprint density at radius 3 is 2.37 bits per heavy atom. The van der Waals surface area contributed by atoms with Crippen LogP contribution < -0.4 is 30.1 Å². The zero-order chi connectivity index (χ0) is 12.2. The molecule has 0 aromatic heterocycles. The Bertz CT molecular complexity index is 347. The minimum Gasteiger partial charge on any atom is -1.00 e. The molecule has 0 heterocycles. The van der Waals surface area contributed by atoms with E-state index in [1.165, 1.54) is 0 Å². The predicted molar refractivity (Wildman–Crippen MR) is 64.5 cm³/mol. The summed E-state index contributed by atoms with van der Waals surface area (Å²) >= 11 is 0. The first-order chi connectivity index (χ1) is 7.42. The van der Waals surface area contributed by atoms with Gasteiger partial charge >= 0.3 is 26.2 Å². The van der Waals surface area contributed by atoms with E-state index in [0.717, 1.165) is 17.0 Å². The number of aliphatic hydroxyl groups excluding tert-OH is 1. The van der Waals surface area contributed by atoms with Crippen LogP contribution in [0.4, 0.5) is 0 Å². The summed E-state index contributed by atoms with van der Waals surface area (Å²) in [6.45, 7) is 8.55. The van der Waals surface area contributed by atoms with Gasteiger partial charge in [-0.3, -0.25) is 0 Å². The molecule has 0 aliphatic heterocycles. The summed E-state index contributed by atoms with van der Waals surface area (Å²) in [7, 11) is 0. The van der Waals surface area contributed by atoms with E-state index < -0.39 is 0 Å². The molecule has 6 heteroatoms. The van der Waals surface area contributed by atoms with Crippen LogP contribution in [0, 0.1) is 6.08 Å². The molecule has 0 fully saturated rings. The van der Waals surface area contributed by atoms with Crippen molar-refractivity contribution in [2.45, 2.75) is 33.2 Å². The van der Waals surface area contributed by atoms with Gasteiger partial charge < -0.3 is 40.0 Å². The second kappa shape index (κ2) is 11.0. The zero-order valence-electron chi connectivity index (χ0n) is 11.7. The van der Waals surface area contributed by atoms with Crippen molar-refractivity contribution < 1.29 is 60.9 Å². The maximum Gasteiger partial charge on any atom is 3.00 e. The summed E-state index contributed by atoms with van der Waals surface area (Å²) in [4.78, 5) is 0. The molecule has 3 nitrogen and oxygen atoms in total. The molecule has 0 spiro atoms. The topological polar surface area (TPSA) is 41.5 Å². The van der Waals surface area contributed by atoms with Gasteiger partial charge in [0.05, 0.1) is 13.2 Å². The Kier molecular flexibility index (Phi) is 14.0. The Labute approximate surface area is 147 Å². The molecule has 2 N–H and O–H groups in total. The second-order valence-corrected chi connectivity index (χ2v) is 4.79. The molecule has 0 bridgehead atoms. The van der Waals surface area contributed by atoms with E-state index in [0.29, 0.717) is 6.61 Å². The van der Waals surface area contributed by atoms with Crippen molar-refractivity contribution in [3.63, 3.8) is 0 Å². The van der Waals surface area contributed by atoms with Crippen LogP contribution in [0.25, 0.3) is 0 Å². The average Bonchev–Trinajstić information content (AvgIpc) is 2.59. The maximum absolute atomic E-state index is 8.66. The van der Waals surface area contributed by atoms with E-state index in [4.69, 9.17) is 9.84 Å². The number of aliphatic hydroxyl groups is 1. The van der Waals surface area contributed by atoms with E-state index in [1.807, 2.05) is 19.1 Å². The monoisotopic (exact) mass is 382 g/mol. The maximum atomic E-state index is 8.66. The predicted octanol–water partition coefficient (Wildman–Crippen LogP) is -4.08. The van der Waals surface area contributed by atoms with Crippen molar-refractivity contribution >= 4 is 0 Å². The van der Waals surface area contributed by atoms with Crippen LogP contribution in [-0.4, -0.2) is 23.9 Å². The number of nitrogens with one attached hydrogen (secondary N) is 1. The fourth-order valence-electron chi connectivity index (χ4n) is 1.35. The van der Waals surface area contributed by atoms with Gasteiger partial charge in [-0.25, -0.2) is 0 Å². The second-order valence-electron chi connectivity index (χ2n) is 4.79.